The molecule has 0 amide bonds. The summed E-state index contributed by atoms with van der Waals surface area (Å²) in [5, 5.41) is 0. The molecule has 19 heavy (non-hydrogen) atoms. The van der Waals surface area contributed by atoms with Gasteiger partial charge in [0.05, 0.1) is 5.69 Å². The average Bonchev–Trinajstić information content (AvgIpc) is 3.02. The van der Waals surface area contributed by atoms with Crippen molar-refractivity contribution in [2.45, 2.75) is 19.3 Å². The molecular weight excluding hydrogens is 300 g/mol. The van der Waals surface area contributed by atoms with Crippen LogP contribution in [-0.2, 0) is 12.8 Å². The van der Waals surface area contributed by atoms with Gasteiger partial charge >= 0.3 is 0 Å². The number of pyridine rings is 1. The predicted molar refractivity (Wildman–Crippen MR) is 80.4 cm³/mol. The SMILES string of the molecule is Brc1ccc2nc(-c3ccc4c(c3)CCC4)cn2c1. The summed E-state index contributed by atoms with van der Waals surface area (Å²) < 4.78 is 3.13. The zero-order valence-electron chi connectivity index (χ0n) is 10.4. The molecule has 0 N–H and O–H groups in total. The Morgan fingerprint density at radius 3 is 2.84 bits per heavy atom. The van der Waals surface area contributed by atoms with Crippen molar-refractivity contribution in [2.24, 2.45) is 0 Å². The lowest BCUT2D eigenvalue weighted by Gasteiger charge is -2.01. The van der Waals surface area contributed by atoms with E-state index in [1.807, 2.05) is 18.3 Å². The Morgan fingerprint density at radius 2 is 1.89 bits per heavy atom. The quantitative estimate of drug-likeness (QED) is 0.656. The fraction of sp³-hybridized carbons (Fsp3) is 0.188. The van der Waals surface area contributed by atoms with Crippen molar-refractivity contribution < 1.29 is 0 Å². The Morgan fingerprint density at radius 1 is 1.00 bits per heavy atom. The predicted octanol–water partition coefficient (Wildman–Crippen LogP) is 4.25. The van der Waals surface area contributed by atoms with Crippen LogP contribution in [0.1, 0.15) is 17.5 Å². The summed E-state index contributed by atoms with van der Waals surface area (Å²) in [5.41, 5.74) is 6.26. The molecule has 0 spiro atoms. The lowest BCUT2D eigenvalue weighted by atomic mass is 10.1. The van der Waals surface area contributed by atoms with Crippen molar-refractivity contribution in [3.8, 4) is 11.3 Å². The summed E-state index contributed by atoms with van der Waals surface area (Å²) in [4.78, 5) is 4.69. The minimum atomic E-state index is 0.985. The lowest BCUT2D eigenvalue weighted by molar-refractivity contribution is 0.912. The van der Waals surface area contributed by atoms with E-state index < -0.39 is 0 Å². The first-order chi connectivity index (χ1) is 9.29. The van der Waals surface area contributed by atoms with E-state index in [1.54, 1.807) is 0 Å². The first kappa shape index (κ1) is 11.2. The number of fused-ring (bicyclic) bond motifs is 2. The Bertz CT molecular complexity index is 774. The number of hydrogen-bond acceptors (Lipinski definition) is 1. The van der Waals surface area contributed by atoms with Gasteiger partial charge in [0.15, 0.2) is 0 Å². The van der Waals surface area contributed by atoms with E-state index in [0.717, 1.165) is 15.8 Å². The molecule has 1 aromatic carbocycles. The van der Waals surface area contributed by atoms with Gasteiger partial charge in [-0.3, -0.25) is 0 Å². The molecule has 0 aliphatic heterocycles. The van der Waals surface area contributed by atoms with Crippen LogP contribution in [0, 0.1) is 0 Å². The normalized spacial score (nSPS) is 13.9. The molecular formula is C16H13BrN2. The molecule has 2 nitrogen and oxygen atoms in total. The fourth-order valence-corrected chi connectivity index (χ4v) is 3.19. The molecule has 0 unspecified atom stereocenters. The second-order valence-corrected chi connectivity index (χ2v) is 5.99. The van der Waals surface area contributed by atoms with Crippen LogP contribution in [0.15, 0.2) is 47.2 Å². The highest BCUT2D eigenvalue weighted by atomic mass is 79.9. The Kier molecular flexibility index (Phi) is 2.49. The van der Waals surface area contributed by atoms with Gasteiger partial charge < -0.3 is 4.40 Å². The molecule has 0 fully saturated rings. The minimum absolute atomic E-state index is 0.985. The number of rotatable bonds is 1. The smallest absolute Gasteiger partial charge is 0.137 e. The second kappa shape index (κ2) is 4.20. The molecule has 0 bridgehead atoms. The number of aryl methyl sites for hydroxylation is 2. The van der Waals surface area contributed by atoms with Crippen molar-refractivity contribution >= 4 is 21.6 Å². The average molecular weight is 313 g/mol. The van der Waals surface area contributed by atoms with Crippen LogP contribution in [0.2, 0.25) is 0 Å². The molecule has 3 heteroatoms. The van der Waals surface area contributed by atoms with E-state index in [9.17, 15) is 0 Å². The highest BCUT2D eigenvalue weighted by Crippen LogP contribution is 2.28. The third-order valence-corrected chi connectivity index (χ3v) is 4.28. The third-order valence-electron chi connectivity index (χ3n) is 3.81. The van der Waals surface area contributed by atoms with Crippen LogP contribution in [0.25, 0.3) is 16.9 Å². The van der Waals surface area contributed by atoms with Crippen LogP contribution < -0.4 is 0 Å². The highest BCUT2D eigenvalue weighted by Gasteiger charge is 2.12. The van der Waals surface area contributed by atoms with E-state index in [-0.39, 0.29) is 0 Å². The number of imidazole rings is 1. The maximum absolute atomic E-state index is 4.69. The van der Waals surface area contributed by atoms with E-state index >= 15 is 0 Å². The number of hydrogen-bond donors (Lipinski definition) is 0. The number of nitrogens with zero attached hydrogens (tertiary/aromatic N) is 2. The van der Waals surface area contributed by atoms with Crippen molar-refractivity contribution in [3.63, 3.8) is 0 Å². The zero-order chi connectivity index (χ0) is 12.8. The summed E-state index contributed by atoms with van der Waals surface area (Å²) in [7, 11) is 0. The maximum atomic E-state index is 4.69. The molecule has 0 atom stereocenters. The van der Waals surface area contributed by atoms with Gasteiger partial charge in [-0.05, 0) is 64.5 Å². The molecule has 0 saturated carbocycles. The largest absolute Gasteiger partial charge is 0.305 e. The molecule has 94 valence electrons. The Labute approximate surface area is 120 Å². The zero-order valence-corrected chi connectivity index (χ0v) is 12.0. The van der Waals surface area contributed by atoms with Crippen molar-refractivity contribution in [3.05, 3.63) is 58.3 Å². The first-order valence-electron chi connectivity index (χ1n) is 6.56. The van der Waals surface area contributed by atoms with Crippen LogP contribution in [0.3, 0.4) is 0 Å². The second-order valence-electron chi connectivity index (χ2n) is 5.08. The lowest BCUT2D eigenvalue weighted by Crippen LogP contribution is -1.84. The van der Waals surface area contributed by atoms with Gasteiger partial charge in [0.1, 0.15) is 5.65 Å². The highest BCUT2D eigenvalue weighted by molar-refractivity contribution is 9.10. The van der Waals surface area contributed by atoms with Crippen molar-refractivity contribution in [1.29, 1.82) is 0 Å². The number of halogens is 1. The van der Waals surface area contributed by atoms with Gasteiger partial charge in [-0.15, -0.1) is 0 Å². The Balaban J connectivity index is 1.85. The van der Waals surface area contributed by atoms with Gasteiger partial charge in [0.2, 0.25) is 0 Å². The monoisotopic (exact) mass is 312 g/mol. The topological polar surface area (TPSA) is 17.3 Å². The molecule has 2 heterocycles. The molecule has 0 saturated heterocycles. The summed E-state index contributed by atoms with van der Waals surface area (Å²) >= 11 is 3.49. The fourth-order valence-electron chi connectivity index (χ4n) is 2.83. The van der Waals surface area contributed by atoms with Gasteiger partial charge in [0, 0.05) is 22.4 Å². The Hall–Kier alpha value is -1.61. The van der Waals surface area contributed by atoms with Crippen LogP contribution >= 0.6 is 15.9 Å². The molecule has 2 aromatic heterocycles. The van der Waals surface area contributed by atoms with Crippen molar-refractivity contribution in [2.75, 3.05) is 0 Å². The third kappa shape index (κ3) is 1.89. The maximum Gasteiger partial charge on any atom is 0.137 e. The molecule has 1 aliphatic carbocycles. The van der Waals surface area contributed by atoms with Gasteiger partial charge in [-0.1, -0.05) is 12.1 Å². The summed E-state index contributed by atoms with van der Waals surface area (Å²) in [5.74, 6) is 0. The number of benzene rings is 1. The van der Waals surface area contributed by atoms with Crippen LogP contribution in [-0.4, -0.2) is 9.38 Å². The van der Waals surface area contributed by atoms with Crippen LogP contribution in [0.5, 0.6) is 0 Å². The summed E-state index contributed by atoms with van der Waals surface area (Å²) in [6.45, 7) is 0. The summed E-state index contributed by atoms with van der Waals surface area (Å²) in [6.07, 6.45) is 7.86. The van der Waals surface area contributed by atoms with Gasteiger partial charge in [-0.25, -0.2) is 4.98 Å². The van der Waals surface area contributed by atoms with Gasteiger partial charge in [0.25, 0.3) is 0 Å². The van der Waals surface area contributed by atoms with Crippen LogP contribution in [0.4, 0.5) is 0 Å². The number of aromatic nitrogens is 2. The van der Waals surface area contributed by atoms with Gasteiger partial charge in [-0.2, -0.15) is 0 Å². The van der Waals surface area contributed by atoms with E-state index in [2.05, 4.69) is 44.7 Å². The standard InChI is InChI=1S/C16H13BrN2/c17-14-6-7-16-18-15(10-19(16)9-14)13-5-4-11-2-1-3-12(11)8-13/h4-10H,1-3H2. The minimum Gasteiger partial charge on any atom is -0.305 e. The van der Waals surface area contributed by atoms with E-state index in [1.165, 1.54) is 36.0 Å². The molecule has 3 aromatic rings. The molecule has 0 radical (unpaired) electrons. The molecule has 1 aliphatic rings. The van der Waals surface area contributed by atoms with E-state index in [0.29, 0.717) is 0 Å². The van der Waals surface area contributed by atoms with Crippen molar-refractivity contribution in [1.82, 2.24) is 9.38 Å². The first-order valence-corrected chi connectivity index (χ1v) is 7.35. The summed E-state index contributed by atoms with van der Waals surface area (Å²) in [6, 6.07) is 10.8. The van der Waals surface area contributed by atoms with E-state index in [4.69, 9.17) is 4.98 Å². The molecule has 4 rings (SSSR count).